The fourth-order valence-corrected chi connectivity index (χ4v) is 2.41. The second-order valence-corrected chi connectivity index (χ2v) is 6.38. The Balaban J connectivity index is 1.78. The number of urea groups is 1. The van der Waals surface area contributed by atoms with Crippen molar-refractivity contribution in [3.63, 3.8) is 0 Å². The van der Waals surface area contributed by atoms with Crippen LogP contribution in [0.25, 0.3) is 0 Å². The molecule has 28 heavy (non-hydrogen) atoms. The van der Waals surface area contributed by atoms with Gasteiger partial charge in [-0.3, -0.25) is 35.1 Å². The third-order valence-electron chi connectivity index (χ3n) is 4.07. The lowest BCUT2D eigenvalue weighted by Gasteiger charge is -2.17. The van der Waals surface area contributed by atoms with E-state index in [0.29, 0.717) is 17.4 Å². The average Bonchev–Trinajstić information content (AvgIpc) is 2.92. The molecule has 0 saturated carbocycles. The van der Waals surface area contributed by atoms with Gasteiger partial charge in [0, 0.05) is 24.4 Å². The molecule has 0 aromatic heterocycles. The Bertz CT molecular complexity index is 694. The molecule has 0 aromatic carbocycles. The van der Waals surface area contributed by atoms with Crippen molar-refractivity contribution in [3.05, 3.63) is 0 Å². The van der Waals surface area contributed by atoms with Crippen LogP contribution >= 0.6 is 0 Å². The van der Waals surface area contributed by atoms with Crippen molar-refractivity contribution in [3.8, 4) is 0 Å². The van der Waals surface area contributed by atoms with Gasteiger partial charge in [-0.25, -0.2) is 4.79 Å². The van der Waals surface area contributed by atoms with Crippen LogP contribution in [0, 0.1) is 5.92 Å². The molecule has 13 nitrogen and oxygen atoms in total. The first kappa shape index (κ1) is 20.9. The number of amides is 5. The number of imide groups is 1. The summed E-state index contributed by atoms with van der Waals surface area (Å²) in [4.78, 5) is 63.6. The van der Waals surface area contributed by atoms with Gasteiger partial charge in [-0.05, 0) is 13.3 Å². The van der Waals surface area contributed by atoms with Crippen molar-refractivity contribution in [1.29, 1.82) is 0 Å². The highest BCUT2D eigenvalue weighted by Gasteiger charge is 2.40. The van der Waals surface area contributed by atoms with Crippen LogP contribution in [-0.2, 0) is 19.2 Å². The fourth-order valence-electron chi connectivity index (χ4n) is 2.41. The van der Waals surface area contributed by atoms with Crippen molar-refractivity contribution in [2.24, 2.45) is 10.9 Å². The number of nitrogens with one attached hydrogen (secondary N) is 5. The van der Waals surface area contributed by atoms with Crippen LogP contribution < -0.4 is 26.8 Å². The molecule has 1 fully saturated rings. The topological polar surface area (TPSA) is 184 Å². The van der Waals surface area contributed by atoms with Gasteiger partial charge >= 0.3 is 12.0 Å². The zero-order chi connectivity index (χ0) is 20.7. The zero-order valence-corrected chi connectivity index (χ0v) is 15.3. The Morgan fingerprint density at radius 1 is 1.32 bits per heavy atom. The third kappa shape index (κ3) is 5.82. The summed E-state index contributed by atoms with van der Waals surface area (Å²) in [6.07, 6.45) is 0.580. The summed E-state index contributed by atoms with van der Waals surface area (Å²) in [6, 6.07) is -1.87. The molecule has 0 unspecified atom stereocenters. The average molecular weight is 398 g/mol. The van der Waals surface area contributed by atoms with Crippen LogP contribution in [-0.4, -0.2) is 77.9 Å². The van der Waals surface area contributed by atoms with E-state index in [-0.39, 0.29) is 13.0 Å². The first-order valence-electron chi connectivity index (χ1n) is 8.75. The van der Waals surface area contributed by atoms with Crippen LogP contribution in [0.4, 0.5) is 4.79 Å². The van der Waals surface area contributed by atoms with Gasteiger partial charge in [-0.1, -0.05) is 0 Å². The van der Waals surface area contributed by atoms with Crippen molar-refractivity contribution in [1.82, 2.24) is 31.7 Å². The maximum Gasteiger partial charge on any atom is 0.520 e. The number of aliphatic imine (C=N–C) groups is 1. The Morgan fingerprint density at radius 2 is 2.07 bits per heavy atom. The molecule has 0 spiro atoms. The fraction of sp³-hybridized carbons (Fsp3) is 0.600. The van der Waals surface area contributed by atoms with Gasteiger partial charge in [-0.2, -0.15) is 0 Å². The van der Waals surface area contributed by atoms with Crippen LogP contribution in [0.3, 0.4) is 0 Å². The maximum absolute atomic E-state index is 12.3. The highest BCUT2D eigenvalue weighted by Crippen LogP contribution is 2.09. The molecule has 2 atom stereocenters. The minimum absolute atomic E-state index is 0.0692. The second kappa shape index (κ2) is 9.53. The van der Waals surface area contributed by atoms with Gasteiger partial charge in [0.2, 0.25) is 17.8 Å². The van der Waals surface area contributed by atoms with E-state index in [9.17, 15) is 24.0 Å². The summed E-state index contributed by atoms with van der Waals surface area (Å²) >= 11 is 0. The van der Waals surface area contributed by atoms with Crippen LogP contribution in [0.1, 0.15) is 19.8 Å². The summed E-state index contributed by atoms with van der Waals surface area (Å²) in [5, 5.41) is 14.6. The molecule has 2 aliphatic rings. The lowest BCUT2D eigenvalue weighted by Crippen LogP contribution is -2.51. The van der Waals surface area contributed by atoms with E-state index >= 15 is 0 Å². The highest BCUT2D eigenvalue weighted by molar-refractivity contribution is 6.07. The molecule has 1 saturated heterocycles. The predicted octanol–water partition coefficient (Wildman–Crippen LogP) is -3.73. The molecular formula is C15H24N7O6+. The second-order valence-electron chi connectivity index (χ2n) is 6.38. The number of rotatable bonds is 7. The Kier molecular flexibility index (Phi) is 7.12. The minimum Gasteiger partial charge on any atom is -0.564 e. The lowest BCUT2D eigenvalue weighted by atomic mass is 10.2. The van der Waals surface area contributed by atoms with E-state index in [1.54, 1.807) is 0 Å². The quantitative estimate of drug-likeness (QED) is 0.166. The number of hydrazine groups is 1. The Morgan fingerprint density at radius 3 is 2.71 bits per heavy atom. The van der Waals surface area contributed by atoms with E-state index in [4.69, 9.17) is 5.11 Å². The molecule has 0 bridgehead atoms. The number of guanidine groups is 1. The SMILES string of the molecule is C[C@@H](CNC(=O)CN1C(=O)N[C@@H](CC(=O)NNC2=NCCCN2)C1=O)C(=O)[OH2+]. The summed E-state index contributed by atoms with van der Waals surface area (Å²) < 4.78 is 0. The number of carbonyl (C=O) groups is 5. The first-order chi connectivity index (χ1) is 13.3. The molecule has 0 radical (unpaired) electrons. The third-order valence-corrected chi connectivity index (χ3v) is 4.07. The summed E-state index contributed by atoms with van der Waals surface area (Å²) in [6.45, 7) is 2.22. The molecule has 2 heterocycles. The molecule has 2 rings (SSSR count). The van der Waals surface area contributed by atoms with Gasteiger partial charge in [0.1, 0.15) is 18.5 Å². The first-order valence-corrected chi connectivity index (χ1v) is 8.75. The molecule has 5 amide bonds. The van der Waals surface area contributed by atoms with Crippen molar-refractivity contribution >= 4 is 35.7 Å². The molecule has 0 aromatic rings. The van der Waals surface area contributed by atoms with Gasteiger partial charge in [0.25, 0.3) is 5.91 Å². The Labute approximate surface area is 160 Å². The van der Waals surface area contributed by atoms with E-state index < -0.39 is 48.2 Å². The predicted molar refractivity (Wildman–Crippen MR) is 95.6 cm³/mol. The summed E-state index contributed by atoms with van der Waals surface area (Å²) in [5.74, 6) is -3.00. The highest BCUT2D eigenvalue weighted by atomic mass is 16.4. The van der Waals surface area contributed by atoms with E-state index in [2.05, 4.69) is 31.8 Å². The van der Waals surface area contributed by atoms with E-state index in [0.717, 1.165) is 13.0 Å². The molecular weight excluding hydrogens is 374 g/mol. The zero-order valence-electron chi connectivity index (χ0n) is 15.3. The van der Waals surface area contributed by atoms with Crippen molar-refractivity contribution in [2.75, 3.05) is 26.2 Å². The van der Waals surface area contributed by atoms with Crippen LogP contribution in [0.5, 0.6) is 0 Å². The van der Waals surface area contributed by atoms with Crippen molar-refractivity contribution in [2.45, 2.75) is 25.8 Å². The van der Waals surface area contributed by atoms with Gasteiger partial charge in [0.15, 0.2) is 0 Å². The number of carbonyl (C=O) groups excluding carboxylic acids is 5. The van der Waals surface area contributed by atoms with E-state index in [1.165, 1.54) is 6.92 Å². The number of hydrogen-bond acceptors (Lipinski definition) is 8. The standard InChI is InChI=1S/C15H23N7O6/c1-8(13(26)27)6-18-11(24)7-22-12(25)9(19-15(22)28)5-10(23)20-21-14-16-3-2-4-17-14/h8-9H,2-7H2,1H3,(H,18,24)(H,19,28)(H,20,23)(H,26,27)(H2,16,17,21)/p+1/t8-,9-/m0/s1. The molecule has 154 valence electrons. The molecule has 2 aliphatic heterocycles. The number of hydrogen-bond donors (Lipinski definition) is 5. The summed E-state index contributed by atoms with van der Waals surface area (Å²) in [7, 11) is 0. The smallest absolute Gasteiger partial charge is 0.520 e. The minimum atomic E-state index is -1.09. The normalized spacial score (nSPS) is 19.8. The van der Waals surface area contributed by atoms with Crippen LogP contribution in [0.15, 0.2) is 4.99 Å². The lowest BCUT2D eigenvalue weighted by molar-refractivity contribution is -0.141. The van der Waals surface area contributed by atoms with Crippen LogP contribution in [0.2, 0.25) is 0 Å². The van der Waals surface area contributed by atoms with Gasteiger partial charge in [-0.15, -0.1) is 0 Å². The van der Waals surface area contributed by atoms with E-state index in [1.807, 2.05) is 0 Å². The molecule has 13 heteroatoms. The molecule has 7 N–H and O–H groups in total. The Hall–Kier alpha value is -3.38. The number of nitrogens with zero attached hydrogens (tertiary/aromatic N) is 2. The summed E-state index contributed by atoms with van der Waals surface area (Å²) in [5.41, 5.74) is 4.98. The molecule has 0 aliphatic carbocycles. The largest absolute Gasteiger partial charge is 0.564 e. The van der Waals surface area contributed by atoms with Gasteiger partial charge < -0.3 is 21.1 Å². The van der Waals surface area contributed by atoms with Crippen molar-refractivity contribution < 1.29 is 29.1 Å². The van der Waals surface area contributed by atoms with Gasteiger partial charge in [0.05, 0.1) is 6.42 Å². The monoisotopic (exact) mass is 398 g/mol. The maximum atomic E-state index is 12.3.